The Labute approximate surface area is 120 Å². The summed E-state index contributed by atoms with van der Waals surface area (Å²) in [5.41, 5.74) is 0.825. The highest BCUT2D eigenvalue weighted by Crippen LogP contribution is 2.15. The highest BCUT2D eigenvalue weighted by atomic mass is 16.5. The zero-order chi connectivity index (χ0) is 15.2. The molecule has 1 rings (SSSR count). The van der Waals surface area contributed by atoms with Gasteiger partial charge in [-0.3, -0.25) is 15.0 Å². The van der Waals surface area contributed by atoms with E-state index in [-0.39, 0.29) is 24.5 Å². The van der Waals surface area contributed by atoms with E-state index in [1.165, 1.54) is 0 Å². The molecule has 1 aromatic heterocycles. The van der Waals surface area contributed by atoms with Crippen molar-refractivity contribution in [3.8, 4) is 0 Å². The summed E-state index contributed by atoms with van der Waals surface area (Å²) >= 11 is 0. The normalized spacial score (nSPS) is 11.9. The van der Waals surface area contributed by atoms with E-state index in [9.17, 15) is 4.79 Å². The number of aromatic nitrogens is 1. The van der Waals surface area contributed by atoms with Crippen LogP contribution in [-0.4, -0.2) is 47.3 Å². The van der Waals surface area contributed by atoms with Gasteiger partial charge in [-0.1, -0.05) is 25.9 Å². The highest BCUT2D eigenvalue weighted by Gasteiger charge is 2.19. The van der Waals surface area contributed by atoms with Crippen molar-refractivity contribution in [1.82, 2.24) is 10.1 Å². The third-order valence-corrected chi connectivity index (χ3v) is 2.59. The number of amides is 1. The average molecular weight is 283 g/mol. The lowest BCUT2D eigenvalue weighted by molar-refractivity contribution is -0.117. The predicted molar refractivity (Wildman–Crippen MR) is 77.5 cm³/mol. The molecule has 0 radical (unpaired) electrons. The van der Waals surface area contributed by atoms with E-state index in [0.29, 0.717) is 18.8 Å². The maximum Gasteiger partial charge on any atom is 0.240 e. The average Bonchev–Trinajstić information content (AvgIpc) is 2.69. The highest BCUT2D eigenvalue weighted by molar-refractivity contribution is 5.90. The molecule has 1 heterocycles. The number of anilines is 1. The molecule has 1 amide bonds. The van der Waals surface area contributed by atoms with Crippen LogP contribution in [-0.2, 0) is 4.79 Å². The van der Waals surface area contributed by atoms with Crippen LogP contribution in [0.1, 0.15) is 32.9 Å². The van der Waals surface area contributed by atoms with Crippen LogP contribution in [0.5, 0.6) is 0 Å². The number of aliphatic hydroxyl groups is 1. The minimum atomic E-state index is -0.136. The van der Waals surface area contributed by atoms with Crippen LogP contribution in [0.3, 0.4) is 0 Å². The summed E-state index contributed by atoms with van der Waals surface area (Å²) in [4.78, 5) is 14.0. The largest absolute Gasteiger partial charge is 0.396 e. The fourth-order valence-corrected chi connectivity index (χ4v) is 1.98. The smallest absolute Gasteiger partial charge is 0.240 e. The third kappa shape index (κ3) is 6.68. The number of aliphatic hydroxyl groups excluding tert-OH is 1. The van der Waals surface area contributed by atoms with Crippen molar-refractivity contribution in [2.45, 2.75) is 34.1 Å². The third-order valence-electron chi connectivity index (χ3n) is 2.59. The number of nitrogens with zero attached hydrogens (tertiary/aromatic N) is 2. The van der Waals surface area contributed by atoms with Gasteiger partial charge in [-0.2, -0.15) is 0 Å². The molecule has 0 saturated heterocycles. The Morgan fingerprint density at radius 3 is 2.70 bits per heavy atom. The SMILES string of the molecule is Cc1cc(NC(=O)CN(CCCO)CC(C)(C)C)on1. The number of nitrogens with one attached hydrogen (secondary N) is 1. The Balaban J connectivity index is 2.52. The molecule has 2 N–H and O–H groups in total. The van der Waals surface area contributed by atoms with Crippen LogP contribution in [0.25, 0.3) is 0 Å². The molecule has 0 spiro atoms. The summed E-state index contributed by atoms with van der Waals surface area (Å²) in [6, 6.07) is 1.68. The molecule has 6 nitrogen and oxygen atoms in total. The van der Waals surface area contributed by atoms with Gasteiger partial charge in [0.15, 0.2) is 0 Å². The van der Waals surface area contributed by atoms with Gasteiger partial charge in [0.1, 0.15) is 0 Å². The molecule has 1 aromatic rings. The van der Waals surface area contributed by atoms with Crippen LogP contribution in [0.4, 0.5) is 5.88 Å². The molecule has 0 aliphatic rings. The van der Waals surface area contributed by atoms with Crippen molar-refractivity contribution >= 4 is 11.8 Å². The summed E-state index contributed by atoms with van der Waals surface area (Å²) in [6.07, 6.45) is 0.658. The molecule has 0 aliphatic heterocycles. The van der Waals surface area contributed by atoms with Crippen molar-refractivity contribution in [3.63, 3.8) is 0 Å². The molecular formula is C14H25N3O3. The molecule has 114 valence electrons. The van der Waals surface area contributed by atoms with Crippen molar-refractivity contribution in [3.05, 3.63) is 11.8 Å². The Kier molecular flexibility index (Phi) is 6.16. The maximum absolute atomic E-state index is 12.0. The van der Waals surface area contributed by atoms with Gasteiger partial charge >= 0.3 is 0 Å². The maximum atomic E-state index is 12.0. The molecule has 0 saturated carbocycles. The standard InChI is InChI=1S/C14H25N3O3/c1-11-8-13(20-16-11)15-12(19)9-17(6-5-7-18)10-14(2,3)4/h8,18H,5-7,9-10H2,1-4H3,(H,15,19). The van der Waals surface area contributed by atoms with E-state index in [1.54, 1.807) is 13.0 Å². The van der Waals surface area contributed by atoms with Gasteiger partial charge in [0.2, 0.25) is 11.8 Å². The summed E-state index contributed by atoms with van der Waals surface area (Å²) in [5, 5.41) is 15.3. The monoisotopic (exact) mass is 283 g/mol. The second-order valence-corrected chi connectivity index (χ2v) is 6.23. The molecule has 0 aliphatic carbocycles. The van der Waals surface area contributed by atoms with Gasteiger partial charge in [0, 0.05) is 25.8 Å². The molecule has 0 aromatic carbocycles. The Hall–Kier alpha value is -1.40. The van der Waals surface area contributed by atoms with E-state index in [0.717, 1.165) is 12.2 Å². The van der Waals surface area contributed by atoms with E-state index in [4.69, 9.17) is 9.63 Å². The first-order valence-electron chi connectivity index (χ1n) is 6.86. The second-order valence-electron chi connectivity index (χ2n) is 6.23. The first-order valence-corrected chi connectivity index (χ1v) is 6.86. The number of hydrogen-bond donors (Lipinski definition) is 2. The Morgan fingerprint density at radius 2 is 2.20 bits per heavy atom. The molecule has 0 fully saturated rings. The summed E-state index contributed by atoms with van der Waals surface area (Å²) < 4.78 is 4.96. The van der Waals surface area contributed by atoms with Gasteiger partial charge in [-0.25, -0.2) is 0 Å². The van der Waals surface area contributed by atoms with E-state index in [2.05, 4.69) is 31.2 Å². The Bertz CT molecular complexity index is 424. The topological polar surface area (TPSA) is 78.6 Å². The fourth-order valence-electron chi connectivity index (χ4n) is 1.98. The van der Waals surface area contributed by atoms with Crippen molar-refractivity contribution in [2.75, 3.05) is 31.6 Å². The Morgan fingerprint density at radius 1 is 1.50 bits per heavy atom. The van der Waals surface area contributed by atoms with Crippen molar-refractivity contribution in [1.29, 1.82) is 0 Å². The lowest BCUT2D eigenvalue weighted by atomic mass is 9.96. The van der Waals surface area contributed by atoms with Gasteiger partial charge in [-0.15, -0.1) is 0 Å². The minimum absolute atomic E-state index is 0.0958. The zero-order valence-electron chi connectivity index (χ0n) is 12.8. The van der Waals surface area contributed by atoms with Crippen LogP contribution < -0.4 is 5.32 Å². The molecule has 20 heavy (non-hydrogen) atoms. The lowest BCUT2D eigenvalue weighted by Gasteiger charge is -2.29. The zero-order valence-corrected chi connectivity index (χ0v) is 12.8. The number of hydrogen-bond acceptors (Lipinski definition) is 5. The van der Waals surface area contributed by atoms with Gasteiger partial charge < -0.3 is 9.63 Å². The molecule has 6 heteroatoms. The fraction of sp³-hybridized carbons (Fsp3) is 0.714. The van der Waals surface area contributed by atoms with Crippen LogP contribution in [0, 0.1) is 12.3 Å². The number of aryl methyl sites for hydroxylation is 1. The summed E-state index contributed by atoms with van der Waals surface area (Å²) in [5.74, 6) is 0.230. The van der Waals surface area contributed by atoms with Gasteiger partial charge in [0.05, 0.1) is 12.2 Å². The van der Waals surface area contributed by atoms with E-state index in [1.807, 2.05) is 4.90 Å². The molecular weight excluding hydrogens is 258 g/mol. The first-order chi connectivity index (χ1) is 9.30. The van der Waals surface area contributed by atoms with Crippen LogP contribution in [0.2, 0.25) is 0 Å². The van der Waals surface area contributed by atoms with Crippen molar-refractivity contribution < 1.29 is 14.4 Å². The quantitative estimate of drug-likeness (QED) is 0.795. The lowest BCUT2D eigenvalue weighted by Crippen LogP contribution is -2.39. The van der Waals surface area contributed by atoms with Crippen LogP contribution in [0.15, 0.2) is 10.6 Å². The first kappa shape index (κ1) is 16.7. The van der Waals surface area contributed by atoms with Crippen molar-refractivity contribution in [2.24, 2.45) is 5.41 Å². The second kappa shape index (κ2) is 7.40. The van der Waals surface area contributed by atoms with Gasteiger partial charge in [-0.05, 0) is 18.8 Å². The number of carbonyl (C=O) groups excluding carboxylic acids is 1. The summed E-state index contributed by atoms with van der Waals surface area (Å²) in [6.45, 7) is 10.0. The van der Waals surface area contributed by atoms with E-state index >= 15 is 0 Å². The molecule has 0 atom stereocenters. The molecule has 0 bridgehead atoms. The van der Waals surface area contributed by atoms with Crippen LogP contribution >= 0.6 is 0 Å². The number of carbonyl (C=O) groups is 1. The molecule has 0 unspecified atom stereocenters. The summed E-state index contributed by atoms with van der Waals surface area (Å²) in [7, 11) is 0. The number of rotatable bonds is 7. The van der Waals surface area contributed by atoms with E-state index < -0.39 is 0 Å². The van der Waals surface area contributed by atoms with Gasteiger partial charge in [0.25, 0.3) is 0 Å². The predicted octanol–water partition coefficient (Wildman–Crippen LogP) is 1.65. The minimum Gasteiger partial charge on any atom is -0.396 e.